The van der Waals surface area contributed by atoms with Crippen LogP contribution < -0.4 is 16.4 Å². The van der Waals surface area contributed by atoms with Crippen LogP contribution in [0.1, 0.15) is 129 Å². The Morgan fingerprint density at radius 1 is 0.983 bits per heavy atom. The largest absolute Gasteiger partial charge is 0.339 e. The third-order valence-electron chi connectivity index (χ3n) is 10.1. The van der Waals surface area contributed by atoms with E-state index in [1.165, 1.54) is 57.8 Å². The number of halogens is 1. The van der Waals surface area contributed by atoms with Crippen LogP contribution in [0, 0.1) is 12.7 Å². The molecular formula is C48H72FN5O4. The van der Waals surface area contributed by atoms with E-state index in [1.807, 2.05) is 44.2 Å². The van der Waals surface area contributed by atoms with Crippen molar-refractivity contribution < 1.29 is 23.5 Å². The highest BCUT2D eigenvalue weighted by Gasteiger charge is 2.53. The third-order valence-corrected chi connectivity index (χ3v) is 10.1. The average Bonchev–Trinajstić information content (AvgIpc) is 3.51. The van der Waals surface area contributed by atoms with Gasteiger partial charge in [-0.1, -0.05) is 135 Å². The van der Waals surface area contributed by atoms with Gasteiger partial charge in [-0.25, -0.2) is 4.39 Å². The standard InChI is InChI=1S/C26H30N4O4.C9H12FN.C8H18.C5H12/c1-5-23(32)28-21-8-6-19(7-9-21)10-16(2)11-22-18(4)20(13-31)12-29-15-26(27)30(17(3)14-34-26)25(33)24(22)29;1-7-3-4-8(6-11-2)9(10)5-7;1-3-5-7-8-6-4-2;1-3-5-4-2/h6-9,12-13,17H,2,4-5,10-11,14-15,27H2,1,3H3,(H,28,32);3-5,11H,6H2,1-2H3;3-8H2,1-2H3;3-5H2,1-2H3. The highest BCUT2D eigenvalue weighted by atomic mass is 19.1. The van der Waals surface area contributed by atoms with Crippen LogP contribution >= 0.6 is 0 Å². The normalized spacial score (nSPS) is 18.0. The fraction of sp³-hybridized carbons (Fsp3) is 0.521. The number of nitrogens with zero attached hydrogens (tertiary/aromatic N) is 2. The third kappa shape index (κ3) is 15.1. The number of piperazine rings is 1. The first kappa shape index (κ1) is 49.8. The van der Waals surface area contributed by atoms with Crippen molar-refractivity contribution in [1.29, 1.82) is 0 Å². The summed E-state index contributed by atoms with van der Waals surface area (Å²) < 4.78 is 18.7. The summed E-state index contributed by atoms with van der Waals surface area (Å²) in [7, 11) is 1.80. The fourth-order valence-electron chi connectivity index (χ4n) is 6.85. The summed E-state index contributed by atoms with van der Waals surface area (Å²) in [4.78, 5) is 40.2. The lowest BCUT2D eigenvalue weighted by molar-refractivity contribution is -0.158. The minimum absolute atomic E-state index is 0.0404. The zero-order chi connectivity index (χ0) is 43.3. The molecule has 320 valence electrons. The van der Waals surface area contributed by atoms with Gasteiger partial charge < -0.3 is 20.3 Å². The first-order valence-corrected chi connectivity index (χ1v) is 21.3. The number of nitrogens with one attached hydrogen (secondary N) is 2. The number of hydrogen-bond donors (Lipinski definition) is 3. The van der Waals surface area contributed by atoms with Gasteiger partial charge in [0.25, 0.3) is 5.91 Å². The first-order chi connectivity index (χ1) is 27.7. The second-order valence-corrected chi connectivity index (χ2v) is 15.4. The SMILES string of the molecule is C=C(CC1=C2C(=O)N3C(C)COC3(N)CN2C=C(C=O)C1=C)Cc1ccc(NC(=O)CC)cc1.CCCCC.CCCCCCCC.CNCc1ccc(C)cc1F. The van der Waals surface area contributed by atoms with Crippen molar-refractivity contribution in [3.8, 4) is 0 Å². The number of ether oxygens (including phenoxy) is 1. The van der Waals surface area contributed by atoms with E-state index in [-0.39, 0.29) is 30.2 Å². The number of allylic oxidation sites excluding steroid dienone is 4. The Balaban J connectivity index is 0.000000392. The van der Waals surface area contributed by atoms with Crippen molar-refractivity contribution in [3.63, 3.8) is 0 Å². The Labute approximate surface area is 349 Å². The van der Waals surface area contributed by atoms with E-state index >= 15 is 0 Å². The van der Waals surface area contributed by atoms with Crippen molar-refractivity contribution in [1.82, 2.24) is 15.1 Å². The molecule has 0 aromatic heterocycles. The van der Waals surface area contributed by atoms with Gasteiger partial charge in [-0.2, -0.15) is 0 Å². The van der Waals surface area contributed by atoms with Crippen LogP contribution in [0.15, 0.2) is 89.8 Å². The van der Waals surface area contributed by atoms with Gasteiger partial charge in [0, 0.05) is 36.0 Å². The summed E-state index contributed by atoms with van der Waals surface area (Å²) in [6.45, 7) is 24.0. The Hall–Kier alpha value is -4.38. The highest BCUT2D eigenvalue weighted by Crippen LogP contribution is 2.40. The summed E-state index contributed by atoms with van der Waals surface area (Å²) in [5, 5.41) is 5.73. The van der Waals surface area contributed by atoms with Crippen molar-refractivity contribution in [3.05, 3.63) is 112 Å². The molecule has 2 aromatic rings. The summed E-state index contributed by atoms with van der Waals surface area (Å²) in [6, 6.07) is 12.7. The quantitative estimate of drug-likeness (QED) is 0.0879. The molecule has 0 radical (unpaired) electrons. The van der Waals surface area contributed by atoms with Gasteiger partial charge >= 0.3 is 0 Å². The molecule has 2 saturated heterocycles. The summed E-state index contributed by atoms with van der Waals surface area (Å²) in [6.07, 6.45) is 16.3. The molecule has 2 fully saturated rings. The Morgan fingerprint density at radius 2 is 1.60 bits per heavy atom. The number of aldehydes is 1. The first-order valence-electron chi connectivity index (χ1n) is 21.3. The molecule has 2 amide bonds. The van der Waals surface area contributed by atoms with Crippen LogP contribution in [0.25, 0.3) is 0 Å². The number of carbonyl (C=O) groups excluding carboxylic acids is 3. The van der Waals surface area contributed by atoms with E-state index in [4.69, 9.17) is 10.5 Å². The molecule has 0 bridgehead atoms. The Bertz CT molecular complexity index is 1710. The summed E-state index contributed by atoms with van der Waals surface area (Å²) in [5.41, 5.74) is 12.8. The maximum Gasteiger partial charge on any atom is 0.274 e. The van der Waals surface area contributed by atoms with Crippen LogP contribution in [-0.4, -0.2) is 60.0 Å². The van der Waals surface area contributed by atoms with E-state index in [9.17, 15) is 18.8 Å². The number of amides is 2. The van der Waals surface area contributed by atoms with Crippen LogP contribution in [0.2, 0.25) is 0 Å². The number of carbonyl (C=O) groups is 3. The molecule has 2 unspecified atom stereocenters. The second kappa shape index (κ2) is 25.9. The molecule has 3 aliphatic rings. The Kier molecular flexibility index (Phi) is 22.2. The van der Waals surface area contributed by atoms with Gasteiger partial charge in [0.15, 0.2) is 6.29 Å². The van der Waals surface area contributed by atoms with E-state index in [0.717, 1.165) is 34.2 Å². The molecule has 9 nitrogen and oxygen atoms in total. The minimum Gasteiger partial charge on any atom is -0.339 e. The van der Waals surface area contributed by atoms with E-state index < -0.39 is 5.85 Å². The topological polar surface area (TPSA) is 117 Å². The minimum atomic E-state index is -1.24. The van der Waals surface area contributed by atoms with Crippen molar-refractivity contribution >= 4 is 23.8 Å². The molecule has 0 saturated carbocycles. The molecule has 5 rings (SSSR count). The number of aryl methyl sites for hydroxylation is 1. The van der Waals surface area contributed by atoms with Gasteiger partial charge in [0.2, 0.25) is 11.8 Å². The smallest absolute Gasteiger partial charge is 0.274 e. The molecular weight excluding hydrogens is 730 g/mol. The molecule has 3 aliphatic heterocycles. The molecule has 0 aliphatic carbocycles. The zero-order valence-corrected chi connectivity index (χ0v) is 36.8. The number of fused-ring (bicyclic) bond motifs is 2. The predicted octanol–water partition coefficient (Wildman–Crippen LogP) is 10.0. The van der Waals surface area contributed by atoms with Gasteiger partial charge in [-0.05, 0) is 74.2 Å². The van der Waals surface area contributed by atoms with Crippen molar-refractivity contribution in [2.45, 2.75) is 144 Å². The molecule has 2 atom stereocenters. The van der Waals surface area contributed by atoms with Gasteiger partial charge in [-0.3, -0.25) is 25.0 Å². The van der Waals surface area contributed by atoms with Crippen LogP contribution in [-0.2, 0) is 32.1 Å². The molecule has 0 spiro atoms. The molecule has 3 heterocycles. The summed E-state index contributed by atoms with van der Waals surface area (Å²) in [5.74, 6) is -1.64. The average molecular weight is 802 g/mol. The molecule has 10 heteroatoms. The zero-order valence-electron chi connectivity index (χ0n) is 36.8. The highest BCUT2D eigenvalue weighted by molar-refractivity contribution is 5.99. The van der Waals surface area contributed by atoms with E-state index in [1.54, 1.807) is 42.1 Å². The van der Waals surface area contributed by atoms with Crippen LogP contribution in [0.3, 0.4) is 0 Å². The van der Waals surface area contributed by atoms with E-state index in [0.29, 0.717) is 54.8 Å². The van der Waals surface area contributed by atoms with Crippen LogP contribution in [0.5, 0.6) is 0 Å². The monoisotopic (exact) mass is 802 g/mol. The second-order valence-electron chi connectivity index (χ2n) is 15.4. The van der Waals surface area contributed by atoms with Crippen molar-refractivity contribution in [2.75, 3.05) is 25.5 Å². The molecule has 2 aromatic carbocycles. The Morgan fingerprint density at radius 3 is 2.12 bits per heavy atom. The predicted molar refractivity (Wildman–Crippen MR) is 237 cm³/mol. The maximum atomic E-state index is 13.5. The van der Waals surface area contributed by atoms with Gasteiger partial charge in [-0.15, -0.1) is 0 Å². The fourth-order valence-corrected chi connectivity index (χ4v) is 6.85. The lowest BCUT2D eigenvalue weighted by Gasteiger charge is -2.47. The number of unbranched alkanes of at least 4 members (excludes halogenated alkanes) is 7. The van der Waals surface area contributed by atoms with Gasteiger partial charge in [0.1, 0.15) is 11.5 Å². The molecule has 58 heavy (non-hydrogen) atoms. The number of benzene rings is 2. The van der Waals surface area contributed by atoms with Crippen molar-refractivity contribution in [2.24, 2.45) is 5.73 Å². The number of hydrogen-bond acceptors (Lipinski definition) is 7. The maximum absolute atomic E-state index is 13.5. The van der Waals surface area contributed by atoms with Gasteiger partial charge in [0.05, 0.1) is 19.2 Å². The molecule has 4 N–H and O–H groups in total. The number of anilines is 1. The number of rotatable bonds is 16. The van der Waals surface area contributed by atoms with E-state index in [2.05, 4.69) is 51.5 Å². The van der Waals surface area contributed by atoms with Crippen LogP contribution in [0.4, 0.5) is 10.1 Å². The lowest BCUT2D eigenvalue weighted by atomic mass is 9.87. The summed E-state index contributed by atoms with van der Waals surface area (Å²) >= 11 is 0. The number of nitrogens with two attached hydrogens (primary N) is 1. The lowest BCUT2D eigenvalue weighted by Crippen LogP contribution is -2.67.